The molecule has 1 fully saturated rings. The smallest absolute Gasteiger partial charge is 0.274 e. The third kappa shape index (κ3) is 3.86. The fourth-order valence-corrected chi connectivity index (χ4v) is 2.77. The van der Waals surface area contributed by atoms with Crippen LogP contribution in [0.3, 0.4) is 0 Å². The lowest BCUT2D eigenvalue weighted by molar-refractivity contribution is 0.102. The number of rotatable bonds is 4. The van der Waals surface area contributed by atoms with Gasteiger partial charge in [-0.15, -0.1) is 0 Å². The summed E-state index contributed by atoms with van der Waals surface area (Å²) in [4.78, 5) is 16.4. The minimum Gasteiger partial charge on any atom is -0.382 e. The van der Waals surface area contributed by atoms with Gasteiger partial charge in [0.25, 0.3) is 5.91 Å². The molecule has 1 heterocycles. The van der Waals surface area contributed by atoms with Gasteiger partial charge >= 0.3 is 0 Å². The fraction of sp³-hybridized carbons (Fsp3) is 0.278. The monoisotopic (exact) mass is 306 g/mol. The van der Waals surface area contributed by atoms with Crippen molar-refractivity contribution >= 4 is 17.3 Å². The van der Waals surface area contributed by atoms with Gasteiger partial charge in [0.1, 0.15) is 5.69 Å². The summed E-state index contributed by atoms with van der Waals surface area (Å²) in [6.07, 6.45) is 6.51. The van der Waals surface area contributed by atoms with E-state index in [1.807, 2.05) is 12.1 Å². The second-order valence-corrected chi connectivity index (χ2v) is 5.70. The van der Waals surface area contributed by atoms with Crippen molar-refractivity contribution in [2.45, 2.75) is 31.7 Å². The number of benzene rings is 1. The lowest BCUT2D eigenvalue weighted by Gasteiger charge is -2.14. The molecule has 116 valence electrons. The van der Waals surface area contributed by atoms with Gasteiger partial charge in [-0.1, -0.05) is 12.8 Å². The molecule has 0 aliphatic heterocycles. The van der Waals surface area contributed by atoms with E-state index in [0.29, 0.717) is 23.0 Å². The van der Waals surface area contributed by atoms with Crippen LogP contribution in [0.25, 0.3) is 0 Å². The fourth-order valence-electron chi connectivity index (χ4n) is 2.77. The Balaban J connectivity index is 1.67. The maximum atomic E-state index is 12.3. The van der Waals surface area contributed by atoms with Crippen molar-refractivity contribution in [1.29, 1.82) is 5.26 Å². The molecular formula is C18H18N4O. The van der Waals surface area contributed by atoms with E-state index in [4.69, 9.17) is 5.26 Å². The third-order valence-electron chi connectivity index (χ3n) is 3.99. The molecule has 5 nitrogen and oxygen atoms in total. The maximum absolute atomic E-state index is 12.3. The molecule has 0 radical (unpaired) electrons. The highest BCUT2D eigenvalue weighted by molar-refractivity contribution is 6.03. The predicted molar refractivity (Wildman–Crippen MR) is 89.2 cm³/mol. The summed E-state index contributed by atoms with van der Waals surface area (Å²) in [6, 6.07) is 12.9. The van der Waals surface area contributed by atoms with Gasteiger partial charge in [-0.3, -0.25) is 9.78 Å². The summed E-state index contributed by atoms with van der Waals surface area (Å²) < 4.78 is 0. The van der Waals surface area contributed by atoms with Crippen molar-refractivity contribution < 1.29 is 4.79 Å². The van der Waals surface area contributed by atoms with E-state index in [1.165, 1.54) is 25.7 Å². The van der Waals surface area contributed by atoms with Crippen LogP contribution < -0.4 is 10.6 Å². The van der Waals surface area contributed by atoms with Crippen molar-refractivity contribution in [1.82, 2.24) is 4.98 Å². The van der Waals surface area contributed by atoms with Gasteiger partial charge in [0, 0.05) is 23.6 Å². The average molecular weight is 306 g/mol. The number of anilines is 2. The van der Waals surface area contributed by atoms with Crippen LogP contribution in [0, 0.1) is 11.3 Å². The van der Waals surface area contributed by atoms with E-state index in [9.17, 15) is 4.79 Å². The molecule has 5 heteroatoms. The number of nitrogens with zero attached hydrogens (tertiary/aromatic N) is 2. The van der Waals surface area contributed by atoms with Crippen molar-refractivity contribution in [3.05, 3.63) is 53.9 Å². The average Bonchev–Trinajstić information content (AvgIpc) is 3.09. The van der Waals surface area contributed by atoms with Gasteiger partial charge in [0.05, 0.1) is 11.6 Å². The highest BCUT2D eigenvalue weighted by atomic mass is 16.1. The van der Waals surface area contributed by atoms with Gasteiger partial charge < -0.3 is 10.6 Å². The zero-order valence-electron chi connectivity index (χ0n) is 12.7. The molecule has 0 unspecified atom stereocenters. The van der Waals surface area contributed by atoms with Gasteiger partial charge in [0.15, 0.2) is 0 Å². The SMILES string of the molecule is N#Cc1ccc(NC(=O)c2cc(NC3CCCC3)ccn2)cc1. The standard InChI is InChI=1S/C18H18N4O/c19-12-13-5-7-15(8-6-13)22-18(23)17-11-16(9-10-20-17)21-14-3-1-2-4-14/h5-11,14H,1-4H2,(H,20,21)(H,22,23). The van der Waals surface area contributed by atoms with Crippen molar-refractivity contribution in [2.24, 2.45) is 0 Å². The summed E-state index contributed by atoms with van der Waals surface area (Å²) in [6.45, 7) is 0. The van der Waals surface area contributed by atoms with Gasteiger partial charge in [-0.05, 0) is 49.2 Å². The molecule has 0 bridgehead atoms. The Morgan fingerprint density at radius 3 is 2.57 bits per heavy atom. The van der Waals surface area contributed by atoms with Gasteiger partial charge in [0.2, 0.25) is 0 Å². The number of pyridine rings is 1. The second kappa shape index (κ2) is 6.93. The summed E-state index contributed by atoms with van der Waals surface area (Å²) in [5.41, 5.74) is 2.50. The Kier molecular flexibility index (Phi) is 4.53. The molecular weight excluding hydrogens is 288 g/mol. The second-order valence-electron chi connectivity index (χ2n) is 5.70. The summed E-state index contributed by atoms with van der Waals surface area (Å²) in [5, 5.41) is 15.0. The van der Waals surface area contributed by atoms with E-state index in [0.717, 1.165) is 5.69 Å². The van der Waals surface area contributed by atoms with Crippen LogP contribution in [0.15, 0.2) is 42.6 Å². The summed E-state index contributed by atoms with van der Waals surface area (Å²) in [7, 11) is 0. The molecule has 2 aromatic rings. The summed E-state index contributed by atoms with van der Waals surface area (Å²) >= 11 is 0. The van der Waals surface area contributed by atoms with Crippen molar-refractivity contribution in [3.63, 3.8) is 0 Å². The quantitative estimate of drug-likeness (QED) is 0.905. The van der Waals surface area contributed by atoms with E-state index < -0.39 is 0 Å². The van der Waals surface area contributed by atoms with E-state index in [-0.39, 0.29) is 5.91 Å². The minimum atomic E-state index is -0.259. The highest BCUT2D eigenvalue weighted by Crippen LogP contribution is 2.22. The first-order valence-corrected chi connectivity index (χ1v) is 7.79. The normalized spacial score (nSPS) is 14.2. The van der Waals surface area contributed by atoms with E-state index in [2.05, 4.69) is 15.6 Å². The molecule has 1 aromatic heterocycles. The number of nitrogens with one attached hydrogen (secondary N) is 2. The van der Waals surface area contributed by atoms with Crippen LogP contribution in [0.5, 0.6) is 0 Å². The molecule has 1 aromatic carbocycles. The van der Waals surface area contributed by atoms with Crippen molar-refractivity contribution in [2.75, 3.05) is 10.6 Å². The molecule has 1 amide bonds. The first kappa shape index (κ1) is 15.0. The molecule has 1 saturated carbocycles. The van der Waals surface area contributed by atoms with Crippen molar-refractivity contribution in [3.8, 4) is 6.07 Å². The van der Waals surface area contributed by atoms with E-state index >= 15 is 0 Å². The number of carbonyl (C=O) groups is 1. The van der Waals surface area contributed by atoms with Crippen LogP contribution in [0.1, 0.15) is 41.7 Å². The number of carbonyl (C=O) groups excluding carboxylic acids is 1. The van der Waals surface area contributed by atoms with Crippen LogP contribution in [-0.4, -0.2) is 16.9 Å². The van der Waals surface area contributed by atoms with Crippen LogP contribution in [-0.2, 0) is 0 Å². The lowest BCUT2D eigenvalue weighted by atomic mass is 10.2. The Hall–Kier alpha value is -2.87. The molecule has 0 saturated heterocycles. The zero-order chi connectivity index (χ0) is 16.1. The number of nitriles is 1. The zero-order valence-corrected chi connectivity index (χ0v) is 12.7. The number of hydrogen-bond acceptors (Lipinski definition) is 4. The van der Waals surface area contributed by atoms with Gasteiger partial charge in [-0.25, -0.2) is 0 Å². The molecule has 0 atom stereocenters. The maximum Gasteiger partial charge on any atom is 0.274 e. The Bertz CT molecular complexity index is 727. The third-order valence-corrected chi connectivity index (χ3v) is 3.99. The molecule has 1 aliphatic carbocycles. The number of amides is 1. The van der Waals surface area contributed by atoms with Crippen LogP contribution in [0.2, 0.25) is 0 Å². The molecule has 0 spiro atoms. The largest absolute Gasteiger partial charge is 0.382 e. The molecule has 23 heavy (non-hydrogen) atoms. The summed E-state index contributed by atoms with van der Waals surface area (Å²) in [5.74, 6) is -0.259. The Labute approximate surface area is 135 Å². The first-order valence-electron chi connectivity index (χ1n) is 7.79. The molecule has 3 rings (SSSR count). The van der Waals surface area contributed by atoms with Gasteiger partial charge in [-0.2, -0.15) is 5.26 Å². The molecule has 2 N–H and O–H groups in total. The molecule has 1 aliphatic rings. The Morgan fingerprint density at radius 1 is 1.13 bits per heavy atom. The first-order chi connectivity index (χ1) is 11.2. The minimum absolute atomic E-state index is 0.259. The lowest BCUT2D eigenvalue weighted by Crippen LogP contribution is -2.17. The van der Waals surface area contributed by atoms with Crippen LogP contribution in [0.4, 0.5) is 11.4 Å². The van der Waals surface area contributed by atoms with Crippen LogP contribution >= 0.6 is 0 Å². The highest BCUT2D eigenvalue weighted by Gasteiger charge is 2.15. The Morgan fingerprint density at radius 2 is 1.87 bits per heavy atom. The topological polar surface area (TPSA) is 77.8 Å². The van der Waals surface area contributed by atoms with E-state index in [1.54, 1.807) is 36.5 Å². The number of hydrogen-bond donors (Lipinski definition) is 2. The number of aromatic nitrogens is 1. The predicted octanol–water partition coefficient (Wildman–Crippen LogP) is 3.56.